The number of allylic oxidation sites excluding steroid dienone is 1. The molecule has 0 aliphatic rings. The van der Waals surface area contributed by atoms with Gasteiger partial charge in [0.05, 0.1) is 28.1 Å². The summed E-state index contributed by atoms with van der Waals surface area (Å²) in [5.41, 5.74) is -0.0442. The Morgan fingerprint density at radius 1 is 1.03 bits per heavy atom. The van der Waals surface area contributed by atoms with Crippen molar-refractivity contribution in [2.45, 2.75) is 18.3 Å². The Kier molecular flexibility index (Phi) is 9.49. The van der Waals surface area contributed by atoms with Gasteiger partial charge < -0.3 is 15.7 Å². The van der Waals surface area contributed by atoms with Crippen molar-refractivity contribution in [2.75, 3.05) is 13.1 Å². The molecule has 0 heterocycles. The van der Waals surface area contributed by atoms with Crippen molar-refractivity contribution in [3.05, 3.63) is 67.6 Å². The molecule has 0 aliphatic carbocycles. The summed E-state index contributed by atoms with van der Waals surface area (Å²) in [7, 11) is 0. The largest absolute Gasteiger partial charge is 0.505 e. The van der Waals surface area contributed by atoms with Gasteiger partial charge in [0, 0.05) is 4.47 Å². The van der Waals surface area contributed by atoms with Crippen LogP contribution in [0.4, 0.5) is 26.3 Å². The molecule has 0 bridgehead atoms. The molecule has 0 aliphatic heterocycles. The normalized spacial score (nSPS) is 13.1. The zero-order chi connectivity index (χ0) is 26.6. The van der Waals surface area contributed by atoms with Crippen LogP contribution in [0.2, 0.25) is 10.0 Å². The minimum absolute atomic E-state index is 0.00441. The van der Waals surface area contributed by atoms with Gasteiger partial charge in [0.2, 0.25) is 5.91 Å². The molecule has 2 rings (SSSR count). The fourth-order valence-electron chi connectivity index (χ4n) is 2.72. The van der Waals surface area contributed by atoms with Crippen LogP contribution in [0.3, 0.4) is 0 Å². The van der Waals surface area contributed by atoms with Gasteiger partial charge in [-0.1, -0.05) is 41.4 Å². The van der Waals surface area contributed by atoms with Crippen molar-refractivity contribution >= 4 is 57.0 Å². The predicted octanol–water partition coefficient (Wildman–Crippen LogP) is 6.23. The predicted molar refractivity (Wildman–Crippen MR) is 121 cm³/mol. The number of phenols is 1. The number of halogens is 9. The minimum Gasteiger partial charge on any atom is -0.505 e. The van der Waals surface area contributed by atoms with Gasteiger partial charge in [-0.25, -0.2) is 0 Å². The van der Waals surface area contributed by atoms with Gasteiger partial charge in [0.25, 0.3) is 5.91 Å². The van der Waals surface area contributed by atoms with Crippen LogP contribution in [0.5, 0.6) is 5.75 Å². The number of benzene rings is 2. The molecular weight excluding hydrogens is 593 g/mol. The fourth-order valence-corrected chi connectivity index (χ4v) is 3.80. The first-order valence-electron chi connectivity index (χ1n) is 9.42. The molecule has 1 atom stereocenters. The first-order chi connectivity index (χ1) is 16.1. The lowest BCUT2D eigenvalue weighted by molar-refractivity contribution is -0.139. The summed E-state index contributed by atoms with van der Waals surface area (Å²) in [4.78, 5) is 23.6. The molecule has 0 saturated carbocycles. The summed E-state index contributed by atoms with van der Waals surface area (Å²) >= 11 is 14.6. The van der Waals surface area contributed by atoms with Gasteiger partial charge in [-0.05, 0) is 51.3 Å². The average molecular weight is 608 g/mol. The average Bonchev–Trinajstić information content (AvgIpc) is 2.73. The van der Waals surface area contributed by atoms with E-state index in [1.54, 1.807) is 5.32 Å². The number of carbonyl (C=O) groups excluding carboxylic acids is 2. The lowest BCUT2D eigenvalue weighted by Crippen LogP contribution is -2.40. The maximum absolute atomic E-state index is 13.6. The van der Waals surface area contributed by atoms with Crippen molar-refractivity contribution in [1.82, 2.24) is 10.6 Å². The van der Waals surface area contributed by atoms with Crippen LogP contribution < -0.4 is 10.6 Å². The highest BCUT2D eigenvalue weighted by Gasteiger charge is 2.39. The van der Waals surface area contributed by atoms with E-state index in [-0.39, 0.29) is 31.2 Å². The first kappa shape index (κ1) is 28.8. The topological polar surface area (TPSA) is 78.4 Å². The Balaban J connectivity index is 2.15. The maximum atomic E-state index is 13.6. The molecule has 0 spiro atoms. The Hall–Kier alpha value is -2.44. The lowest BCUT2D eigenvalue weighted by atomic mass is 9.96. The molecule has 5 nitrogen and oxygen atoms in total. The molecule has 190 valence electrons. The second-order valence-corrected chi connectivity index (χ2v) is 8.69. The SMILES string of the molecule is O=C(CNC(=O)c1ccc(/C=C/C(c2cc(Cl)c(O)c(Cl)c2)C(F)(F)F)cc1Br)NCC(F)(F)F. The molecule has 2 amide bonds. The van der Waals surface area contributed by atoms with E-state index >= 15 is 0 Å². The third-order valence-electron chi connectivity index (χ3n) is 4.37. The third-order valence-corrected chi connectivity index (χ3v) is 5.60. The Bertz CT molecular complexity index is 1120. The Morgan fingerprint density at radius 2 is 1.63 bits per heavy atom. The Morgan fingerprint density at radius 3 is 2.14 bits per heavy atom. The van der Waals surface area contributed by atoms with Crippen molar-refractivity contribution in [1.29, 1.82) is 0 Å². The molecular formula is C21H15BrCl2F6N2O3. The van der Waals surface area contributed by atoms with E-state index in [4.69, 9.17) is 23.2 Å². The number of alkyl halides is 6. The van der Waals surface area contributed by atoms with Crippen LogP contribution in [-0.4, -0.2) is 42.4 Å². The van der Waals surface area contributed by atoms with Crippen LogP contribution >= 0.6 is 39.1 Å². The Labute approximate surface area is 213 Å². The zero-order valence-electron chi connectivity index (χ0n) is 17.2. The van der Waals surface area contributed by atoms with E-state index in [0.29, 0.717) is 0 Å². The number of hydrogen-bond acceptors (Lipinski definition) is 3. The van der Waals surface area contributed by atoms with E-state index in [1.165, 1.54) is 18.2 Å². The van der Waals surface area contributed by atoms with Gasteiger partial charge in [-0.15, -0.1) is 0 Å². The highest BCUT2D eigenvalue weighted by Crippen LogP contribution is 2.41. The summed E-state index contributed by atoms with van der Waals surface area (Å²) in [6.45, 7) is -2.26. The van der Waals surface area contributed by atoms with Gasteiger partial charge in [0.1, 0.15) is 6.54 Å². The first-order valence-corrected chi connectivity index (χ1v) is 11.0. The molecule has 2 aromatic carbocycles. The fraction of sp³-hybridized carbons (Fsp3) is 0.238. The highest BCUT2D eigenvalue weighted by atomic mass is 79.9. The second-order valence-electron chi connectivity index (χ2n) is 7.03. The van der Waals surface area contributed by atoms with Crippen LogP contribution in [0, 0.1) is 0 Å². The monoisotopic (exact) mass is 606 g/mol. The highest BCUT2D eigenvalue weighted by molar-refractivity contribution is 9.10. The standard InChI is InChI=1S/C21H15BrCl2F6N2O3/c22-14-5-10(1-3-12(14)19(35)31-8-17(33)32-9-20(25,26)27)2-4-13(21(28,29)30)11-6-15(23)18(34)16(24)7-11/h1-7,13,34H,8-9H2,(H,31,35)(H,32,33)/b4-2+. The van der Waals surface area contributed by atoms with Crippen LogP contribution in [0.15, 0.2) is 40.9 Å². The molecule has 0 fully saturated rings. The summed E-state index contributed by atoms with van der Waals surface area (Å²) < 4.78 is 77.4. The number of amides is 2. The lowest BCUT2D eigenvalue weighted by Gasteiger charge is -2.18. The van der Waals surface area contributed by atoms with Gasteiger partial charge in [0.15, 0.2) is 5.75 Å². The van der Waals surface area contributed by atoms with Gasteiger partial charge in [-0.3, -0.25) is 9.59 Å². The van der Waals surface area contributed by atoms with E-state index in [1.807, 2.05) is 0 Å². The molecule has 1 unspecified atom stereocenters. The number of rotatable bonds is 7. The van der Waals surface area contributed by atoms with Crippen molar-refractivity contribution in [2.24, 2.45) is 0 Å². The van der Waals surface area contributed by atoms with Gasteiger partial charge in [-0.2, -0.15) is 26.3 Å². The van der Waals surface area contributed by atoms with Crippen LogP contribution in [-0.2, 0) is 4.79 Å². The summed E-state index contributed by atoms with van der Waals surface area (Å²) in [6, 6.07) is 5.80. The molecule has 2 aromatic rings. The van der Waals surface area contributed by atoms with Crippen molar-refractivity contribution in [3.63, 3.8) is 0 Å². The second kappa shape index (κ2) is 11.5. The number of hydrogen-bond donors (Lipinski definition) is 3. The minimum atomic E-state index is -4.72. The smallest absolute Gasteiger partial charge is 0.405 e. The quantitative estimate of drug-likeness (QED) is 0.327. The summed E-state index contributed by atoms with van der Waals surface area (Å²) in [5, 5.41) is 12.6. The molecule has 0 radical (unpaired) electrons. The zero-order valence-corrected chi connectivity index (χ0v) is 20.3. The maximum Gasteiger partial charge on any atom is 0.405 e. The van der Waals surface area contributed by atoms with E-state index in [2.05, 4.69) is 21.2 Å². The number of carbonyl (C=O) groups is 2. The van der Waals surface area contributed by atoms with E-state index in [9.17, 15) is 41.0 Å². The number of phenolic OH excluding ortho intramolecular Hbond substituents is 1. The van der Waals surface area contributed by atoms with Crippen molar-refractivity contribution in [3.8, 4) is 5.75 Å². The van der Waals surface area contributed by atoms with Gasteiger partial charge >= 0.3 is 12.4 Å². The molecule has 14 heteroatoms. The van der Waals surface area contributed by atoms with Crippen molar-refractivity contribution < 1.29 is 41.0 Å². The van der Waals surface area contributed by atoms with Crippen LogP contribution in [0.1, 0.15) is 27.4 Å². The molecule has 0 aromatic heterocycles. The molecule has 3 N–H and O–H groups in total. The van der Waals surface area contributed by atoms with E-state index in [0.717, 1.165) is 24.3 Å². The third kappa shape index (κ3) is 8.62. The summed E-state index contributed by atoms with van der Waals surface area (Å²) in [5.74, 6) is -4.51. The number of aromatic hydroxyl groups is 1. The molecule has 35 heavy (non-hydrogen) atoms. The molecule has 0 saturated heterocycles. The number of nitrogens with one attached hydrogen (secondary N) is 2. The van der Waals surface area contributed by atoms with E-state index < -0.39 is 48.9 Å². The summed E-state index contributed by atoms with van der Waals surface area (Å²) in [6.07, 6.45) is -7.34. The van der Waals surface area contributed by atoms with Crippen LogP contribution in [0.25, 0.3) is 6.08 Å².